The van der Waals surface area contributed by atoms with Crippen LogP contribution in [0.3, 0.4) is 0 Å². The molecule has 5 heteroatoms. The first-order chi connectivity index (χ1) is 11.2. The zero-order valence-electron chi connectivity index (χ0n) is 13.5. The lowest BCUT2D eigenvalue weighted by Gasteiger charge is -2.11. The second-order valence-corrected chi connectivity index (χ2v) is 5.09. The number of amides is 2. The van der Waals surface area contributed by atoms with Crippen molar-refractivity contribution in [1.29, 1.82) is 0 Å². The molecule has 23 heavy (non-hydrogen) atoms. The van der Waals surface area contributed by atoms with E-state index < -0.39 is 0 Å². The smallest absolute Gasteiger partial charge is 0.315 e. The lowest BCUT2D eigenvalue weighted by Crippen LogP contribution is -2.34. The maximum atomic E-state index is 11.9. The maximum absolute atomic E-state index is 11.9. The van der Waals surface area contributed by atoms with Gasteiger partial charge in [-0.05, 0) is 28.8 Å². The molecule has 0 bridgehead atoms. The molecule has 0 aliphatic rings. The van der Waals surface area contributed by atoms with Crippen molar-refractivity contribution in [2.45, 2.75) is 19.7 Å². The summed E-state index contributed by atoms with van der Waals surface area (Å²) >= 11 is 0. The van der Waals surface area contributed by atoms with Gasteiger partial charge in [0, 0.05) is 20.2 Å². The number of urea groups is 1. The van der Waals surface area contributed by atoms with Gasteiger partial charge >= 0.3 is 6.03 Å². The van der Waals surface area contributed by atoms with Crippen LogP contribution in [0.2, 0.25) is 0 Å². The van der Waals surface area contributed by atoms with E-state index in [0.29, 0.717) is 19.7 Å². The molecule has 0 heterocycles. The van der Waals surface area contributed by atoms with Gasteiger partial charge in [0.25, 0.3) is 0 Å². The van der Waals surface area contributed by atoms with E-state index >= 15 is 0 Å². The Morgan fingerprint density at radius 1 is 0.957 bits per heavy atom. The van der Waals surface area contributed by atoms with Crippen LogP contribution in [0, 0.1) is 0 Å². The molecule has 0 spiro atoms. The molecule has 0 unspecified atom stereocenters. The number of carbonyl (C=O) groups excluding carboxylic acids is 1. The van der Waals surface area contributed by atoms with Crippen LogP contribution in [0.4, 0.5) is 4.79 Å². The van der Waals surface area contributed by atoms with Crippen molar-refractivity contribution in [3.05, 3.63) is 65.2 Å². The van der Waals surface area contributed by atoms with Gasteiger partial charge in [-0.3, -0.25) is 0 Å². The second-order valence-electron chi connectivity index (χ2n) is 5.09. The summed E-state index contributed by atoms with van der Waals surface area (Å²) in [7, 11) is 3.28. The van der Waals surface area contributed by atoms with Crippen LogP contribution < -0.4 is 15.4 Å². The van der Waals surface area contributed by atoms with E-state index in [1.54, 1.807) is 14.2 Å². The summed E-state index contributed by atoms with van der Waals surface area (Å²) in [6, 6.07) is 15.3. The minimum Gasteiger partial charge on any atom is -0.497 e. The SMILES string of the molecule is COCc1ccccc1CNC(=O)NCc1cccc(OC)c1. The van der Waals surface area contributed by atoms with E-state index in [-0.39, 0.29) is 6.03 Å². The van der Waals surface area contributed by atoms with Crippen molar-refractivity contribution in [2.24, 2.45) is 0 Å². The Bertz CT molecular complexity index is 644. The third-order valence-electron chi connectivity index (χ3n) is 3.44. The average molecular weight is 314 g/mol. The summed E-state index contributed by atoms with van der Waals surface area (Å²) in [5, 5.41) is 5.69. The van der Waals surface area contributed by atoms with Gasteiger partial charge in [-0.25, -0.2) is 4.79 Å². The molecule has 0 aliphatic carbocycles. The Morgan fingerprint density at radius 2 is 1.70 bits per heavy atom. The highest BCUT2D eigenvalue weighted by Crippen LogP contribution is 2.12. The van der Waals surface area contributed by atoms with Crippen LogP contribution in [-0.2, 0) is 24.4 Å². The highest BCUT2D eigenvalue weighted by Gasteiger charge is 2.05. The Labute approximate surface area is 136 Å². The number of hydrogen-bond donors (Lipinski definition) is 2. The minimum atomic E-state index is -0.208. The molecule has 2 aromatic carbocycles. The van der Waals surface area contributed by atoms with Crippen molar-refractivity contribution in [1.82, 2.24) is 10.6 Å². The standard InChI is InChI=1S/C18H22N2O3/c1-22-13-16-8-4-3-7-15(16)12-20-18(21)19-11-14-6-5-9-17(10-14)23-2/h3-10H,11-13H2,1-2H3,(H2,19,20,21). The number of methoxy groups -OCH3 is 2. The summed E-state index contributed by atoms with van der Waals surface area (Å²) < 4.78 is 10.3. The van der Waals surface area contributed by atoms with Gasteiger partial charge in [-0.15, -0.1) is 0 Å². The van der Waals surface area contributed by atoms with Crippen molar-refractivity contribution >= 4 is 6.03 Å². The quantitative estimate of drug-likeness (QED) is 0.826. The number of ether oxygens (including phenoxy) is 2. The van der Waals surface area contributed by atoms with Gasteiger partial charge in [0.05, 0.1) is 13.7 Å². The molecule has 0 atom stereocenters. The van der Waals surface area contributed by atoms with E-state index in [0.717, 1.165) is 22.4 Å². The molecule has 2 N–H and O–H groups in total. The van der Waals surface area contributed by atoms with E-state index in [1.807, 2.05) is 48.5 Å². The van der Waals surface area contributed by atoms with Crippen LogP contribution in [0.5, 0.6) is 5.75 Å². The zero-order chi connectivity index (χ0) is 16.5. The Balaban J connectivity index is 1.83. The highest BCUT2D eigenvalue weighted by molar-refractivity contribution is 5.73. The van der Waals surface area contributed by atoms with Crippen molar-refractivity contribution in [3.8, 4) is 5.75 Å². The fourth-order valence-electron chi connectivity index (χ4n) is 2.23. The lowest BCUT2D eigenvalue weighted by molar-refractivity contribution is 0.184. The van der Waals surface area contributed by atoms with Gasteiger partial charge in [0.2, 0.25) is 0 Å². The van der Waals surface area contributed by atoms with Crippen LogP contribution in [0.1, 0.15) is 16.7 Å². The van der Waals surface area contributed by atoms with Gasteiger partial charge in [-0.2, -0.15) is 0 Å². The van der Waals surface area contributed by atoms with E-state index in [2.05, 4.69) is 10.6 Å². The third-order valence-corrected chi connectivity index (χ3v) is 3.44. The van der Waals surface area contributed by atoms with E-state index in [1.165, 1.54) is 0 Å². The van der Waals surface area contributed by atoms with Crippen molar-refractivity contribution < 1.29 is 14.3 Å². The van der Waals surface area contributed by atoms with Crippen molar-refractivity contribution in [3.63, 3.8) is 0 Å². The van der Waals surface area contributed by atoms with Crippen LogP contribution in [0.15, 0.2) is 48.5 Å². The molecule has 2 rings (SSSR count). The molecule has 122 valence electrons. The Hall–Kier alpha value is -2.53. The van der Waals surface area contributed by atoms with Crippen molar-refractivity contribution in [2.75, 3.05) is 14.2 Å². The predicted octanol–water partition coefficient (Wildman–Crippen LogP) is 2.84. The Kier molecular flexibility index (Phi) is 6.44. The van der Waals surface area contributed by atoms with Gasteiger partial charge in [-0.1, -0.05) is 36.4 Å². The first-order valence-electron chi connectivity index (χ1n) is 7.43. The monoisotopic (exact) mass is 314 g/mol. The second kappa shape index (κ2) is 8.80. The molecule has 0 aliphatic heterocycles. The number of benzene rings is 2. The largest absolute Gasteiger partial charge is 0.497 e. The average Bonchev–Trinajstić information content (AvgIpc) is 2.59. The number of carbonyl (C=O) groups is 1. The summed E-state index contributed by atoms with van der Waals surface area (Å²) in [6.45, 7) is 1.44. The first kappa shape index (κ1) is 16.8. The summed E-state index contributed by atoms with van der Waals surface area (Å²) in [5.41, 5.74) is 3.10. The minimum absolute atomic E-state index is 0.208. The fourth-order valence-corrected chi connectivity index (χ4v) is 2.23. The highest BCUT2D eigenvalue weighted by atomic mass is 16.5. The zero-order valence-corrected chi connectivity index (χ0v) is 13.5. The van der Waals surface area contributed by atoms with Crippen LogP contribution in [0.25, 0.3) is 0 Å². The molecule has 0 radical (unpaired) electrons. The van der Waals surface area contributed by atoms with Gasteiger partial charge in [0.1, 0.15) is 5.75 Å². The predicted molar refractivity (Wildman–Crippen MR) is 89.2 cm³/mol. The molecule has 0 aromatic heterocycles. The van der Waals surface area contributed by atoms with E-state index in [4.69, 9.17) is 9.47 Å². The third kappa shape index (κ3) is 5.30. The summed E-state index contributed by atoms with van der Waals surface area (Å²) in [4.78, 5) is 11.9. The summed E-state index contributed by atoms with van der Waals surface area (Å²) in [5.74, 6) is 0.776. The van der Waals surface area contributed by atoms with Gasteiger partial charge < -0.3 is 20.1 Å². The number of rotatable bonds is 7. The molecule has 0 fully saturated rings. The molecule has 5 nitrogen and oxygen atoms in total. The molecule has 0 saturated heterocycles. The van der Waals surface area contributed by atoms with Crippen LogP contribution in [-0.4, -0.2) is 20.3 Å². The normalized spacial score (nSPS) is 10.2. The maximum Gasteiger partial charge on any atom is 0.315 e. The summed E-state index contributed by atoms with van der Waals surface area (Å²) in [6.07, 6.45) is 0. The molecular formula is C18H22N2O3. The number of hydrogen-bond acceptors (Lipinski definition) is 3. The number of nitrogens with one attached hydrogen (secondary N) is 2. The topological polar surface area (TPSA) is 59.6 Å². The Morgan fingerprint density at radius 3 is 2.43 bits per heavy atom. The molecule has 2 amide bonds. The first-order valence-corrected chi connectivity index (χ1v) is 7.43. The lowest BCUT2D eigenvalue weighted by atomic mass is 10.1. The molecule has 2 aromatic rings. The molecule has 0 saturated carbocycles. The fraction of sp³-hybridized carbons (Fsp3) is 0.278. The van der Waals surface area contributed by atoms with Gasteiger partial charge in [0.15, 0.2) is 0 Å². The van der Waals surface area contributed by atoms with E-state index in [9.17, 15) is 4.79 Å². The van der Waals surface area contributed by atoms with Crippen LogP contribution >= 0.6 is 0 Å². The molecular weight excluding hydrogens is 292 g/mol.